The Morgan fingerprint density at radius 2 is 1.63 bits per heavy atom. The van der Waals surface area contributed by atoms with Crippen LogP contribution in [0.4, 0.5) is 5.69 Å². The summed E-state index contributed by atoms with van der Waals surface area (Å²) in [5.74, 6) is 0.931. The summed E-state index contributed by atoms with van der Waals surface area (Å²) >= 11 is 0. The minimum absolute atomic E-state index is 0.0537. The lowest BCUT2D eigenvalue weighted by atomic mass is 10.1. The molecular formula is C26H34N4O5. The van der Waals surface area contributed by atoms with Crippen molar-refractivity contribution in [3.8, 4) is 11.5 Å². The Balaban J connectivity index is 1.44. The van der Waals surface area contributed by atoms with E-state index in [4.69, 9.17) is 9.47 Å². The van der Waals surface area contributed by atoms with Crippen molar-refractivity contribution in [2.75, 3.05) is 64.8 Å². The molecule has 1 heterocycles. The number of nitrogens with one attached hydrogen (secondary N) is 1. The summed E-state index contributed by atoms with van der Waals surface area (Å²) in [5, 5.41) is 2.76. The van der Waals surface area contributed by atoms with Crippen LogP contribution in [0, 0.1) is 0 Å². The van der Waals surface area contributed by atoms with Crippen LogP contribution in [0.1, 0.15) is 24.2 Å². The van der Waals surface area contributed by atoms with E-state index < -0.39 is 0 Å². The van der Waals surface area contributed by atoms with Crippen LogP contribution in [0.2, 0.25) is 0 Å². The molecule has 3 amide bonds. The van der Waals surface area contributed by atoms with Gasteiger partial charge in [0.1, 0.15) is 11.5 Å². The van der Waals surface area contributed by atoms with Gasteiger partial charge in [0.2, 0.25) is 5.91 Å². The number of rotatable bonds is 10. The van der Waals surface area contributed by atoms with Crippen LogP contribution >= 0.6 is 0 Å². The largest absolute Gasteiger partial charge is 0.497 e. The molecule has 1 saturated heterocycles. The van der Waals surface area contributed by atoms with Crippen LogP contribution in [-0.4, -0.2) is 92.0 Å². The average molecular weight is 483 g/mol. The molecule has 188 valence electrons. The maximum Gasteiger partial charge on any atom is 0.262 e. The third-order valence-corrected chi connectivity index (χ3v) is 5.96. The van der Waals surface area contributed by atoms with Crippen LogP contribution in [0.15, 0.2) is 48.5 Å². The molecule has 0 aromatic heterocycles. The van der Waals surface area contributed by atoms with E-state index in [1.165, 1.54) is 0 Å². The number of anilines is 1. The van der Waals surface area contributed by atoms with Gasteiger partial charge in [-0.3, -0.25) is 19.3 Å². The summed E-state index contributed by atoms with van der Waals surface area (Å²) in [7, 11) is 1.56. The second kappa shape index (κ2) is 12.8. The van der Waals surface area contributed by atoms with Gasteiger partial charge in [-0.25, -0.2) is 0 Å². The summed E-state index contributed by atoms with van der Waals surface area (Å²) in [4.78, 5) is 43.1. The quantitative estimate of drug-likeness (QED) is 0.559. The zero-order chi connectivity index (χ0) is 25.2. The van der Waals surface area contributed by atoms with Crippen molar-refractivity contribution in [2.45, 2.75) is 13.8 Å². The molecule has 9 nitrogen and oxygen atoms in total. The monoisotopic (exact) mass is 482 g/mol. The van der Waals surface area contributed by atoms with E-state index in [0.717, 1.165) is 0 Å². The number of ether oxygens (including phenoxy) is 2. The number of carbonyl (C=O) groups excluding carboxylic acids is 3. The molecule has 1 N–H and O–H groups in total. The SMILES string of the molecule is CCN(CC)C(=O)CN1CCN(C(=O)c2ccc(OCC(=O)Nc3cccc(OC)c3)cc2)CC1. The number of nitrogens with zero attached hydrogens (tertiary/aromatic N) is 3. The van der Waals surface area contributed by atoms with Crippen LogP contribution in [0.25, 0.3) is 0 Å². The van der Waals surface area contributed by atoms with Crippen molar-refractivity contribution in [3.63, 3.8) is 0 Å². The molecule has 0 bridgehead atoms. The van der Waals surface area contributed by atoms with Gasteiger partial charge in [-0.05, 0) is 50.2 Å². The average Bonchev–Trinajstić information content (AvgIpc) is 2.88. The lowest BCUT2D eigenvalue weighted by Gasteiger charge is -2.35. The molecule has 2 aromatic rings. The van der Waals surface area contributed by atoms with E-state index in [0.29, 0.717) is 68.6 Å². The second-order valence-electron chi connectivity index (χ2n) is 8.23. The van der Waals surface area contributed by atoms with E-state index in [1.54, 1.807) is 60.5 Å². The lowest BCUT2D eigenvalue weighted by Crippen LogP contribution is -2.51. The molecule has 1 aliphatic heterocycles. The summed E-state index contributed by atoms with van der Waals surface area (Å²) in [5.41, 5.74) is 1.18. The fourth-order valence-electron chi connectivity index (χ4n) is 3.90. The predicted octanol–water partition coefficient (Wildman–Crippen LogP) is 2.34. The standard InChI is InChI=1S/C26H34N4O5/c1-4-29(5-2)25(32)18-28-13-15-30(16-14-28)26(33)20-9-11-22(12-10-20)35-19-24(31)27-21-7-6-8-23(17-21)34-3/h6-12,17H,4-5,13-16,18-19H2,1-3H3,(H,27,31). The summed E-state index contributed by atoms with van der Waals surface area (Å²) in [6.07, 6.45) is 0. The first kappa shape index (κ1) is 26.0. The molecule has 0 aliphatic carbocycles. The smallest absolute Gasteiger partial charge is 0.262 e. The molecule has 2 aromatic carbocycles. The van der Waals surface area contributed by atoms with Gasteiger partial charge in [0.15, 0.2) is 6.61 Å². The maximum atomic E-state index is 12.9. The van der Waals surface area contributed by atoms with Crippen LogP contribution < -0.4 is 14.8 Å². The Morgan fingerprint density at radius 1 is 0.943 bits per heavy atom. The van der Waals surface area contributed by atoms with Gasteiger partial charge in [-0.2, -0.15) is 0 Å². The number of benzene rings is 2. The predicted molar refractivity (Wildman–Crippen MR) is 134 cm³/mol. The van der Waals surface area contributed by atoms with Crippen LogP contribution in [0.5, 0.6) is 11.5 Å². The molecule has 35 heavy (non-hydrogen) atoms. The second-order valence-corrected chi connectivity index (χ2v) is 8.23. The Morgan fingerprint density at radius 3 is 2.26 bits per heavy atom. The molecule has 0 saturated carbocycles. The molecule has 0 unspecified atom stereocenters. The highest BCUT2D eigenvalue weighted by Gasteiger charge is 2.24. The first-order valence-electron chi connectivity index (χ1n) is 11.9. The zero-order valence-electron chi connectivity index (χ0n) is 20.7. The van der Waals surface area contributed by atoms with Gasteiger partial charge in [-0.1, -0.05) is 6.07 Å². The van der Waals surface area contributed by atoms with E-state index in [2.05, 4.69) is 10.2 Å². The molecule has 9 heteroatoms. The summed E-state index contributed by atoms with van der Waals surface area (Å²) < 4.78 is 10.7. The van der Waals surface area contributed by atoms with E-state index in [-0.39, 0.29) is 24.3 Å². The van der Waals surface area contributed by atoms with Crippen LogP contribution in [-0.2, 0) is 9.59 Å². The fourth-order valence-corrected chi connectivity index (χ4v) is 3.90. The zero-order valence-corrected chi connectivity index (χ0v) is 20.7. The van der Waals surface area contributed by atoms with Gasteiger partial charge < -0.3 is 24.6 Å². The maximum absolute atomic E-state index is 12.9. The number of amides is 3. The Kier molecular flexibility index (Phi) is 9.48. The van der Waals surface area contributed by atoms with E-state index in [9.17, 15) is 14.4 Å². The first-order valence-corrected chi connectivity index (χ1v) is 11.9. The van der Waals surface area contributed by atoms with Crippen molar-refractivity contribution in [1.82, 2.24) is 14.7 Å². The normalized spacial score (nSPS) is 13.7. The minimum atomic E-state index is -0.296. The Bertz CT molecular complexity index is 999. The molecular weight excluding hydrogens is 448 g/mol. The number of hydrogen-bond donors (Lipinski definition) is 1. The van der Waals surface area contributed by atoms with Crippen molar-refractivity contribution in [2.24, 2.45) is 0 Å². The number of likely N-dealkylation sites (N-methyl/N-ethyl adjacent to an activating group) is 1. The molecule has 0 radical (unpaired) electrons. The van der Waals surface area contributed by atoms with Crippen molar-refractivity contribution in [1.29, 1.82) is 0 Å². The molecule has 0 spiro atoms. The van der Waals surface area contributed by atoms with Gasteiger partial charge >= 0.3 is 0 Å². The highest BCUT2D eigenvalue weighted by molar-refractivity contribution is 5.94. The summed E-state index contributed by atoms with van der Waals surface area (Å²) in [6, 6.07) is 13.8. The van der Waals surface area contributed by atoms with Gasteiger partial charge in [0.05, 0.1) is 13.7 Å². The van der Waals surface area contributed by atoms with Crippen molar-refractivity contribution in [3.05, 3.63) is 54.1 Å². The number of piperazine rings is 1. The molecule has 1 fully saturated rings. The number of carbonyl (C=O) groups is 3. The Labute approximate surface area is 206 Å². The third-order valence-electron chi connectivity index (χ3n) is 5.96. The molecule has 0 atom stereocenters. The Hall–Kier alpha value is -3.59. The number of hydrogen-bond acceptors (Lipinski definition) is 6. The van der Waals surface area contributed by atoms with Gasteiger partial charge in [0, 0.05) is 56.6 Å². The molecule has 1 aliphatic rings. The minimum Gasteiger partial charge on any atom is -0.497 e. The van der Waals surface area contributed by atoms with Gasteiger partial charge in [0.25, 0.3) is 11.8 Å². The highest BCUT2D eigenvalue weighted by Crippen LogP contribution is 2.18. The summed E-state index contributed by atoms with van der Waals surface area (Å²) in [6.45, 7) is 8.10. The van der Waals surface area contributed by atoms with Crippen LogP contribution in [0.3, 0.4) is 0 Å². The first-order chi connectivity index (χ1) is 16.9. The van der Waals surface area contributed by atoms with Crippen molar-refractivity contribution >= 4 is 23.4 Å². The third kappa shape index (κ3) is 7.45. The van der Waals surface area contributed by atoms with E-state index >= 15 is 0 Å². The fraction of sp³-hybridized carbons (Fsp3) is 0.423. The highest BCUT2D eigenvalue weighted by atomic mass is 16.5. The number of methoxy groups -OCH3 is 1. The van der Waals surface area contributed by atoms with E-state index in [1.807, 2.05) is 18.7 Å². The van der Waals surface area contributed by atoms with Crippen molar-refractivity contribution < 1.29 is 23.9 Å². The lowest BCUT2D eigenvalue weighted by molar-refractivity contribution is -0.132. The molecule has 3 rings (SSSR count). The topological polar surface area (TPSA) is 91.4 Å². The van der Waals surface area contributed by atoms with Gasteiger partial charge in [-0.15, -0.1) is 0 Å².